The first-order valence-electron chi connectivity index (χ1n) is 5.91. The van der Waals surface area contributed by atoms with E-state index < -0.39 is 23.6 Å². The van der Waals surface area contributed by atoms with E-state index >= 15 is 0 Å². The number of rotatable bonds is 2. The molecule has 0 atom stereocenters. The van der Waals surface area contributed by atoms with Crippen LogP contribution < -0.4 is 9.80 Å². The number of hydrogen-bond donors (Lipinski definition) is 0. The topological polar surface area (TPSA) is 74.8 Å². The summed E-state index contributed by atoms with van der Waals surface area (Å²) in [5.41, 5.74) is 0.364. The van der Waals surface area contributed by atoms with Crippen LogP contribution in [0.2, 0.25) is 5.02 Å². The van der Waals surface area contributed by atoms with Crippen LogP contribution in [0.1, 0.15) is 0 Å². The van der Waals surface area contributed by atoms with Crippen LogP contribution in [0.25, 0.3) is 0 Å². The molecule has 1 aromatic carbocycles. The van der Waals surface area contributed by atoms with Gasteiger partial charge in [0.2, 0.25) is 0 Å². The summed E-state index contributed by atoms with van der Waals surface area (Å²) >= 11 is 6.01. The Labute approximate surface area is 123 Å². The molecule has 0 saturated heterocycles. The highest BCUT2D eigenvalue weighted by atomic mass is 35.5. The Morgan fingerprint density at radius 3 is 1.71 bits per heavy atom. The summed E-state index contributed by atoms with van der Waals surface area (Å²) in [6, 6.07) is 4.24. The number of benzene rings is 1. The molecule has 2 aliphatic heterocycles. The molecule has 0 N–H and O–H groups in total. The van der Waals surface area contributed by atoms with E-state index in [1.165, 1.54) is 18.2 Å². The van der Waals surface area contributed by atoms with Gasteiger partial charge in [-0.25, -0.2) is 9.80 Å². The SMILES string of the molecule is O=C1C=CC(=O)N1c1ccc(Cl)c(N2C(=O)C=CC2=O)c1. The van der Waals surface area contributed by atoms with Crippen molar-refractivity contribution in [3.05, 3.63) is 47.5 Å². The monoisotopic (exact) mass is 302 g/mol. The van der Waals surface area contributed by atoms with Gasteiger partial charge in [0, 0.05) is 24.3 Å². The number of nitrogens with zero attached hydrogens (tertiary/aromatic N) is 2. The maximum absolute atomic E-state index is 11.7. The van der Waals surface area contributed by atoms with Crippen LogP contribution in [0.3, 0.4) is 0 Å². The lowest BCUT2D eigenvalue weighted by molar-refractivity contribution is -0.121. The second kappa shape index (κ2) is 4.68. The van der Waals surface area contributed by atoms with Crippen molar-refractivity contribution in [1.82, 2.24) is 0 Å². The van der Waals surface area contributed by atoms with Crippen molar-refractivity contribution < 1.29 is 19.2 Å². The lowest BCUT2D eigenvalue weighted by Gasteiger charge is -2.19. The van der Waals surface area contributed by atoms with Crippen LogP contribution in [0.15, 0.2) is 42.5 Å². The van der Waals surface area contributed by atoms with E-state index in [0.717, 1.165) is 34.1 Å². The third-order valence-electron chi connectivity index (χ3n) is 3.05. The number of imide groups is 2. The Morgan fingerprint density at radius 2 is 1.19 bits per heavy atom. The zero-order valence-corrected chi connectivity index (χ0v) is 11.2. The van der Waals surface area contributed by atoms with Crippen LogP contribution in [-0.2, 0) is 19.2 Å². The fourth-order valence-electron chi connectivity index (χ4n) is 2.10. The molecular formula is C14H7ClN2O4. The van der Waals surface area contributed by atoms with E-state index in [1.807, 2.05) is 0 Å². The highest BCUT2D eigenvalue weighted by Crippen LogP contribution is 2.33. The molecule has 0 radical (unpaired) electrons. The standard InChI is InChI=1S/C14H7ClN2O4/c15-9-2-1-8(16-11(18)3-4-12(16)19)7-10(9)17-13(20)5-6-14(17)21/h1-7H. The molecule has 2 aliphatic rings. The Hall–Kier alpha value is -2.73. The van der Waals surface area contributed by atoms with Crippen LogP contribution in [-0.4, -0.2) is 23.6 Å². The van der Waals surface area contributed by atoms with Gasteiger partial charge in [-0.2, -0.15) is 0 Å². The Kier molecular flexibility index (Phi) is 2.95. The largest absolute Gasteiger partial charge is 0.269 e. The molecule has 1 aromatic rings. The highest BCUT2D eigenvalue weighted by Gasteiger charge is 2.30. The summed E-state index contributed by atoms with van der Waals surface area (Å²) in [5.74, 6) is -2.05. The average molecular weight is 303 g/mol. The molecule has 104 valence electrons. The van der Waals surface area contributed by atoms with E-state index in [-0.39, 0.29) is 16.4 Å². The minimum atomic E-state index is -0.531. The van der Waals surface area contributed by atoms with Gasteiger partial charge in [0.25, 0.3) is 23.6 Å². The van der Waals surface area contributed by atoms with Gasteiger partial charge in [-0.1, -0.05) is 11.6 Å². The highest BCUT2D eigenvalue weighted by molar-refractivity contribution is 6.38. The zero-order valence-electron chi connectivity index (χ0n) is 10.4. The molecule has 0 bridgehead atoms. The molecule has 7 heteroatoms. The predicted molar refractivity (Wildman–Crippen MR) is 74.7 cm³/mol. The Morgan fingerprint density at radius 1 is 0.714 bits per heavy atom. The van der Waals surface area contributed by atoms with E-state index in [1.54, 1.807) is 0 Å². The number of carbonyl (C=O) groups excluding carboxylic acids is 4. The third kappa shape index (κ3) is 2.05. The average Bonchev–Trinajstić information content (AvgIpc) is 2.95. The molecule has 0 aliphatic carbocycles. The Bertz CT molecular complexity index is 730. The molecule has 0 aromatic heterocycles. The van der Waals surface area contributed by atoms with Gasteiger partial charge in [0.1, 0.15) is 0 Å². The summed E-state index contributed by atoms with van der Waals surface area (Å²) in [4.78, 5) is 48.5. The number of hydrogen-bond acceptors (Lipinski definition) is 4. The first-order chi connectivity index (χ1) is 9.99. The van der Waals surface area contributed by atoms with E-state index in [0.29, 0.717) is 0 Å². The first-order valence-corrected chi connectivity index (χ1v) is 6.28. The molecule has 3 rings (SSSR count). The number of carbonyl (C=O) groups is 4. The van der Waals surface area contributed by atoms with Crippen molar-refractivity contribution in [1.29, 1.82) is 0 Å². The third-order valence-corrected chi connectivity index (χ3v) is 3.37. The van der Waals surface area contributed by atoms with Gasteiger partial charge in [-0.3, -0.25) is 19.2 Å². The molecule has 6 nitrogen and oxygen atoms in total. The van der Waals surface area contributed by atoms with Crippen molar-refractivity contribution in [3.63, 3.8) is 0 Å². The van der Waals surface area contributed by atoms with Crippen molar-refractivity contribution in [2.75, 3.05) is 9.80 Å². The van der Waals surface area contributed by atoms with E-state index in [9.17, 15) is 19.2 Å². The predicted octanol–water partition coefficient (Wildman–Crippen LogP) is 1.20. The minimum Gasteiger partial charge on any atom is -0.269 e. The molecule has 21 heavy (non-hydrogen) atoms. The fourth-order valence-corrected chi connectivity index (χ4v) is 2.31. The van der Waals surface area contributed by atoms with Gasteiger partial charge in [-0.15, -0.1) is 0 Å². The molecule has 2 heterocycles. The van der Waals surface area contributed by atoms with Crippen molar-refractivity contribution >= 4 is 46.6 Å². The summed E-state index contributed by atoms with van der Waals surface area (Å²) in [5, 5.41) is 0.163. The van der Waals surface area contributed by atoms with Gasteiger partial charge >= 0.3 is 0 Å². The van der Waals surface area contributed by atoms with Crippen molar-refractivity contribution in [2.24, 2.45) is 0 Å². The number of anilines is 2. The zero-order chi connectivity index (χ0) is 15.1. The van der Waals surface area contributed by atoms with Crippen LogP contribution in [0, 0.1) is 0 Å². The van der Waals surface area contributed by atoms with Crippen molar-refractivity contribution in [2.45, 2.75) is 0 Å². The maximum Gasteiger partial charge on any atom is 0.258 e. The van der Waals surface area contributed by atoms with Gasteiger partial charge < -0.3 is 0 Å². The van der Waals surface area contributed by atoms with Crippen LogP contribution in [0.5, 0.6) is 0 Å². The molecule has 0 spiro atoms. The van der Waals surface area contributed by atoms with E-state index in [4.69, 9.17) is 11.6 Å². The smallest absolute Gasteiger partial charge is 0.258 e. The first kappa shape index (κ1) is 13.3. The minimum absolute atomic E-state index is 0.127. The number of halogens is 1. The van der Waals surface area contributed by atoms with Gasteiger partial charge in [0.05, 0.1) is 16.4 Å². The summed E-state index contributed by atoms with van der Waals surface area (Å²) in [7, 11) is 0. The van der Waals surface area contributed by atoms with Gasteiger partial charge in [0.15, 0.2) is 0 Å². The lowest BCUT2D eigenvalue weighted by atomic mass is 10.2. The maximum atomic E-state index is 11.7. The number of amides is 4. The summed E-state index contributed by atoms with van der Waals surface area (Å²) in [6.45, 7) is 0. The van der Waals surface area contributed by atoms with Gasteiger partial charge in [-0.05, 0) is 18.2 Å². The Balaban J connectivity index is 2.05. The van der Waals surface area contributed by atoms with Crippen LogP contribution >= 0.6 is 11.6 Å². The summed E-state index contributed by atoms with van der Waals surface area (Å²) in [6.07, 6.45) is 4.53. The van der Waals surface area contributed by atoms with Crippen LogP contribution in [0.4, 0.5) is 11.4 Å². The quantitative estimate of drug-likeness (QED) is 0.769. The second-order valence-corrected chi connectivity index (χ2v) is 4.73. The molecular weight excluding hydrogens is 296 g/mol. The molecule has 0 fully saturated rings. The second-order valence-electron chi connectivity index (χ2n) is 4.33. The molecule has 0 saturated carbocycles. The normalized spacial score (nSPS) is 17.6. The summed E-state index contributed by atoms with van der Waals surface area (Å²) < 4.78 is 0. The molecule has 0 unspecified atom stereocenters. The fraction of sp³-hybridized carbons (Fsp3) is 0. The molecule has 4 amide bonds. The lowest BCUT2D eigenvalue weighted by Crippen LogP contribution is -2.32. The van der Waals surface area contributed by atoms with E-state index in [2.05, 4.69) is 0 Å². The van der Waals surface area contributed by atoms with Crippen molar-refractivity contribution in [3.8, 4) is 0 Å².